The van der Waals surface area contributed by atoms with Crippen molar-refractivity contribution in [1.82, 2.24) is 5.32 Å². The maximum Gasteiger partial charge on any atom is 0.307 e. The Labute approximate surface area is 183 Å². The Morgan fingerprint density at radius 1 is 1.06 bits per heavy atom. The van der Waals surface area contributed by atoms with Gasteiger partial charge in [-0.2, -0.15) is 0 Å². The molecule has 1 atom stereocenters. The minimum absolute atomic E-state index is 0.123. The van der Waals surface area contributed by atoms with Crippen molar-refractivity contribution in [2.75, 3.05) is 19.0 Å². The number of benzene rings is 2. The van der Waals surface area contributed by atoms with E-state index >= 15 is 0 Å². The highest BCUT2D eigenvalue weighted by atomic mass is 19.1. The maximum atomic E-state index is 13.2. The minimum atomic E-state index is -0.710. The van der Waals surface area contributed by atoms with Gasteiger partial charge in [0.2, 0.25) is 0 Å². The van der Waals surface area contributed by atoms with Crippen molar-refractivity contribution in [3.05, 3.63) is 84.1 Å². The normalized spacial score (nSPS) is 11.3. The van der Waals surface area contributed by atoms with Crippen LogP contribution in [0.1, 0.15) is 28.6 Å². The van der Waals surface area contributed by atoms with Crippen molar-refractivity contribution in [3.63, 3.8) is 0 Å². The number of ether oxygens (including phenoxy) is 2. The molecular formula is C23H21FN2O6. The monoisotopic (exact) mass is 440 g/mol. The summed E-state index contributed by atoms with van der Waals surface area (Å²) in [5, 5.41) is 5.35. The van der Waals surface area contributed by atoms with Crippen molar-refractivity contribution in [2.45, 2.75) is 12.5 Å². The molecule has 0 fully saturated rings. The molecule has 0 spiro atoms. The van der Waals surface area contributed by atoms with Gasteiger partial charge in [0.05, 0.1) is 25.8 Å². The number of carbonyl (C=O) groups excluding carboxylic acids is 3. The van der Waals surface area contributed by atoms with Gasteiger partial charge in [-0.1, -0.05) is 18.2 Å². The van der Waals surface area contributed by atoms with Crippen LogP contribution in [0, 0.1) is 5.82 Å². The van der Waals surface area contributed by atoms with Gasteiger partial charge in [0, 0.05) is 11.8 Å². The highest BCUT2D eigenvalue weighted by Crippen LogP contribution is 2.20. The number of carbonyl (C=O) groups is 3. The van der Waals surface area contributed by atoms with Gasteiger partial charge in [0.1, 0.15) is 11.6 Å². The van der Waals surface area contributed by atoms with Crippen LogP contribution < -0.4 is 15.4 Å². The fraction of sp³-hybridized carbons (Fsp3) is 0.174. The highest BCUT2D eigenvalue weighted by molar-refractivity contribution is 6.02. The maximum absolute atomic E-state index is 13.2. The quantitative estimate of drug-likeness (QED) is 0.494. The lowest BCUT2D eigenvalue weighted by atomic mass is 10.0. The number of esters is 1. The van der Waals surface area contributed by atoms with E-state index in [9.17, 15) is 18.8 Å². The number of amides is 2. The molecule has 0 bridgehead atoms. The molecule has 3 aromatic rings. The Kier molecular flexibility index (Phi) is 7.58. The Morgan fingerprint density at radius 2 is 1.84 bits per heavy atom. The van der Waals surface area contributed by atoms with E-state index in [0.717, 1.165) is 0 Å². The van der Waals surface area contributed by atoms with E-state index in [2.05, 4.69) is 15.4 Å². The number of nitrogens with one attached hydrogen (secondary N) is 2. The van der Waals surface area contributed by atoms with E-state index in [4.69, 9.17) is 9.15 Å². The number of methoxy groups -OCH3 is 1. The van der Waals surface area contributed by atoms with E-state index in [1.807, 2.05) is 0 Å². The number of halogens is 1. The first-order valence-electron chi connectivity index (χ1n) is 9.64. The van der Waals surface area contributed by atoms with Crippen LogP contribution in [0.25, 0.3) is 0 Å². The van der Waals surface area contributed by atoms with Crippen LogP contribution in [0.4, 0.5) is 10.1 Å². The van der Waals surface area contributed by atoms with E-state index in [-0.39, 0.29) is 18.8 Å². The Morgan fingerprint density at radius 3 is 2.53 bits per heavy atom. The molecule has 32 heavy (non-hydrogen) atoms. The molecule has 2 aromatic carbocycles. The van der Waals surface area contributed by atoms with Crippen molar-refractivity contribution < 1.29 is 32.7 Å². The summed E-state index contributed by atoms with van der Waals surface area (Å²) in [6.07, 6.45) is 1.27. The molecule has 1 heterocycles. The summed E-state index contributed by atoms with van der Waals surface area (Å²) in [6, 6.07) is 14.4. The SMILES string of the molecule is COC(=O)CC(NC(=O)COc1cccc(NC(=O)c2ccco2)c1)c1ccc(F)cc1. The average molecular weight is 440 g/mol. The highest BCUT2D eigenvalue weighted by Gasteiger charge is 2.19. The molecule has 0 aliphatic heterocycles. The standard InChI is InChI=1S/C23H21FN2O6/c1-30-22(28)13-19(15-7-9-16(24)10-8-15)26-21(27)14-32-18-5-2-4-17(12-18)25-23(29)20-6-3-11-31-20/h2-12,19H,13-14H2,1H3,(H,25,29)(H,26,27). The van der Waals surface area contributed by atoms with Crippen LogP contribution in [0.3, 0.4) is 0 Å². The van der Waals surface area contributed by atoms with Crippen LogP contribution in [0.15, 0.2) is 71.3 Å². The molecule has 8 nitrogen and oxygen atoms in total. The molecule has 9 heteroatoms. The molecule has 0 saturated heterocycles. The van der Waals surface area contributed by atoms with E-state index in [1.165, 1.54) is 43.7 Å². The van der Waals surface area contributed by atoms with Crippen molar-refractivity contribution in [3.8, 4) is 5.75 Å². The zero-order valence-electron chi connectivity index (χ0n) is 17.2. The Balaban J connectivity index is 1.59. The summed E-state index contributed by atoms with van der Waals surface area (Å²) in [5.41, 5.74) is 1.01. The van der Waals surface area contributed by atoms with E-state index < -0.39 is 29.6 Å². The molecule has 0 aliphatic carbocycles. The summed E-state index contributed by atoms with van der Waals surface area (Å²) in [7, 11) is 1.24. The van der Waals surface area contributed by atoms with E-state index in [0.29, 0.717) is 17.0 Å². The molecular weight excluding hydrogens is 419 g/mol. The first kappa shape index (κ1) is 22.5. The summed E-state index contributed by atoms with van der Waals surface area (Å²) in [4.78, 5) is 36.2. The summed E-state index contributed by atoms with van der Waals surface area (Å²) in [6.45, 7) is -0.339. The van der Waals surface area contributed by atoms with Gasteiger partial charge in [-0.15, -0.1) is 0 Å². The van der Waals surface area contributed by atoms with Crippen LogP contribution in [-0.4, -0.2) is 31.5 Å². The van der Waals surface area contributed by atoms with Crippen LogP contribution in [0.5, 0.6) is 5.75 Å². The second kappa shape index (κ2) is 10.8. The predicted octanol–water partition coefficient (Wildman–Crippen LogP) is 3.47. The molecule has 1 unspecified atom stereocenters. The van der Waals surface area contributed by atoms with Crippen LogP contribution in [0.2, 0.25) is 0 Å². The zero-order valence-corrected chi connectivity index (χ0v) is 17.2. The van der Waals surface area contributed by atoms with Gasteiger partial charge in [-0.05, 0) is 42.0 Å². The predicted molar refractivity (Wildman–Crippen MR) is 113 cm³/mol. The average Bonchev–Trinajstić information content (AvgIpc) is 3.33. The van der Waals surface area contributed by atoms with Crippen molar-refractivity contribution in [1.29, 1.82) is 0 Å². The fourth-order valence-electron chi connectivity index (χ4n) is 2.85. The second-order valence-electron chi connectivity index (χ2n) is 6.70. The summed E-state index contributed by atoms with van der Waals surface area (Å²) < 4.78 is 28.4. The van der Waals surface area contributed by atoms with Gasteiger partial charge >= 0.3 is 5.97 Å². The summed E-state index contributed by atoms with van der Waals surface area (Å²) >= 11 is 0. The van der Waals surface area contributed by atoms with E-state index in [1.54, 1.807) is 30.3 Å². The molecule has 3 rings (SSSR count). The molecule has 2 amide bonds. The lowest BCUT2D eigenvalue weighted by molar-refractivity contribution is -0.141. The van der Waals surface area contributed by atoms with Crippen molar-refractivity contribution >= 4 is 23.5 Å². The molecule has 166 valence electrons. The topological polar surface area (TPSA) is 107 Å². The largest absolute Gasteiger partial charge is 0.484 e. The third kappa shape index (κ3) is 6.43. The number of hydrogen-bond donors (Lipinski definition) is 2. The molecule has 2 N–H and O–H groups in total. The zero-order chi connectivity index (χ0) is 22.9. The van der Waals surface area contributed by atoms with Gasteiger partial charge in [0.15, 0.2) is 12.4 Å². The van der Waals surface area contributed by atoms with Gasteiger partial charge in [-0.25, -0.2) is 4.39 Å². The third-order valence-corrected chi connectivity index (χ3v) is 4.41. The number of rotatable bonds is 9. The van der Waals surface area contributed by atoms with Gasteiger partial charge in [-0.3, -0.25) is 14.4 Å². The molecule has 1 aromatic heterocycles. The molecule has 0 radical (unpaired) electrons. The lowest BCUT2D eigenvalue weighted by Gasteiger charge is -2.18. The van der Waals surface area contributed by atoms with Crippen LogP contribution in [-0.2, 0) is 14.3 Å². The third-order valence-electron chi connectivity index (χ3n) is 4.41. The van der Waals surface area contributed by atoms with Crippen molar-refractivity contribution in [2.24, 2.45) is 0 Å². The Hall–Kier alpha value is -4.14. The fourth-order valence-corrected chi connectivity index (χ4v) is 2.85. The Bertz CT molecular complexity index is 1070. The lowest BCUT2D eigenvalue weighted by Crippen LogP contribution is -2.34. The first-order valence-corrected chi connectivity index (χ1v) is 9.64. The smallest absolute Gasteiger partial charge is 0.307 e. The number of anilines is 1. The minimum Gasteiger partial charge on any atom is -0.484 e. The molecule has 0 aliphatic rings. The number of hydrogen-bond acceptors (Lipinski definition) is 6. The second-order valence-corrected chi connectivity index (χ2v) is 6.70. The first-order chi connectivity index (χ1) is 15.4. The number of furan rings is 1. The van der Waals surface area contributed by atoms with Gasteiger partial charge < -0.3 is 24.5 Å². The molecule has 0 saturated carbocycles. The van der Waals surface area contributed by atoms with Crippen LogP contribution >= 0.6 is 0 Å². The van der Waals surface area contributed by atoms with Gasteiger partial charge in [0.25, 0.3) is 11.8 Å². The summed E-state index contributed by atoms with van der Waals surface area (Å²) in [5.74, 6) is -1.36.